The molecular weight excluding hydrogens is 98.1 g/mol. The second-order valence-corrected chi connectivity index (χ2v) is 3.16. The van der Waals surface area contributed by atoms with E-state index in [0.29, 0.717) is 12.0 Å². The second kappa shape index (κ2) is 2.06. The fraction of sp³-hybridized carbons (Fsp3) is 1.00. The average Bonchev–Trinajstić information content (AvgIpc) is 2.43. The van der Waals surface area contributed by atoms with Gasteiger partial charge in [-0.05, 0) is 24.7 Å². The summed E-state index contributed by atoms with van der Waals surface area (Å²) in [6, 6.07) is 0.481. The maximum Gasteiger partial charge on any atom is 0.00903 e. The molecule has 1 saturated carbocycles. The quantitative estimate of drug-likeness (QED) is 0.575. The van der Waals surface area contributed by atoms with Crippen molar-refractivity contribution in [3.8, 4) is 0 Å². The van der Waals surface area contributed by atoms with Crippen molar-refractivity contribution in [3.63, 3.8) is 0 Å². The highest BCUT2D eigenvalue weighted by atomic mass is 14.7. The molecule has 0 aliphatic heterocycles. The van der Waals surface area contributed by atoms with Crippen LogP contribution in [0, 0.1) is 11.8 Å². The van der Waals surface area contributed by atoms with Crippen molar-refractivity contribution in [2.45, 2.75) is 32.7 Å². The van der Waals surface area contributed by atoms with Crippen molar-refractivity contribution in [1.82, 2.24) is 0 Å². The molecule has 0 spiro atoms. The van der Waals surface area contributed by atoms with Gasteiger partial charge < -0.3 is 5.73 Å². The van der Waals surface area contributed by atoms with Gasteiger partial charge >= 0.3 is 0 Å². The second-order valence-electron chi connectivity index (χ2n) is 3.16. The lowest BCUT2D eigenvalue weighted by Crippen LogP contribution is -2.28. The average molecular weight is 113 g/mol. The van der Waals surface area contributed by atoms with Gasteiger partial charge in [0.1, 0.15) is 0 Å². The number of hydrogen-bond acceptors (Lipinski definition) is 1. The first kappa shape index (κ1) is 6.09. The van der Waals surface area contributed by atoms with Gasteiger partial charge in [-0.3, -0.25) is 0 Å². The van der Waals surface area contributed by atoms with Crippen LogP contribution in [0.25, 0.3) is 0 Å². The summed E-state index contributed by atoms with van der Waals surface area (Å²) in [6.07, 6.45) is 2.75. The molecule has 0 aromatic heterocycles. The molecule has 2 N–H and O–H groups in total. The molecule has 1 atom stereocenters. The Morgan fingerprint density at radius 2 is 1.88 bits per heavy atom. The van der Waals surface area contributed by atoms with Gasteiger partial charge in [0.25, 0.3) is 0 Å². The standard InChI is InChI=1S/C7H15N/c1-5(2)7(8)6-3-4-6/h5-7H,3-4,8H2,1-2H3/t7-/m0/s1. The van der Waals surface area contributed by atoms with E-state index in [1.54, 1.807) is 0 Å². The van der Waals surface area contributed by atoms with Gasteiger partial charge in [-0.25, -0.2) is 0 Å². The summed E-state index contributed by atoms with van der Waals surface area (Å²) in [5, 5.41) is 0. The predicted molar refractivity (Wildman–Crippen MR) is 35.5 cm³/mol. The zero-order valence-corrected chi connectivity index (χ0v) is 5.72. The summed E-state index contributed by atoms with van der Waals surface area (Å²) < 4.78 is 0. The summed E-state index contributed by atoms with van der Waals surface area (Å²) in [5.41, 5.74) is 5.82. The zero-order chi connectivity index (χ0) is 6.15. The van der Waals surface area contributed by atoms with E-state index in [1.807, 2.05) is 0 Å². The summed E-state index contributed by atoms with van der Waals surface area (Å²) in [4.78, 5) is 0. The molecule has 0 radical (unpaired) electrons. The van der Waals surface area contributed by atoms with Crippen molar-refractivity contribution >= 4 is 0 Å². The molecule has 0 aromatic rings. The Kier molecular flexibility index (Phi) is 1.57. The molecule has 1 nitrogen and oxygen atoms in total. The van der Waals surface area contributed by atoms with Crippen molar-refractivity contribution < 1.29 is 0 Å². The van der Waals surface area contributed by atoms with E-state index in [4.69, 9.17) is 5.73 Å². The lowest BCUT2D eigenvalue weighted by Gasteiger charge is -2.12. The van der Waals surface area contributed by atoms with E-state index < -0.39 is 0 Å². The first-order valence-corrected chi connectivity index (χ1v) is 3.47. The van der Waals surface area contributed by atoms with Gasteiger partial charge in [-0.15, -0.1) is 0 Å². The summed E-state index contributed by atoms with van der Waals surface area (Å²) in [7, 11) is 0. The SMILES string of the molecule is CC(C)[C@H](N)C1CC1. The van der Waals surface area contributed by atoms with E-state index in [1.165, 1.54) is 12.8 Å². The molecule has 1 rings (SSSR count). The zero-order valence-electron chi connectivity index (χ0n) is 5.72. The normalized spacial score (nSPS) is 24.0. The van der Waals surface area contributed by atoms with Crippen molar-refractivity contribution in [3.05, 3.63) is 0 Å². The minimum absolute atomic E-state index is 0.481. The summed E-state index contributed by atoms with van der Waals surface area (Å²) in [6.45, 7) is 4.39. The van der Waals surface area contributed by atoms with Gasteiger partial charge in [0, 0.05) is 6.04 Å². The van der Waals surface area contributed by atoms with Crippen LogP contribution in [0.15, 0.2) is 0 Å². The predicted octanol–water partition coefficient (Wildman–Crippen LogP) is 1.38. The molecule has 0 saturated heterocycles. The van der Waals surface area contributed by atoms with Gasteiger partial charge in [-0.1, -0.05) is 13.8 Å². The van der Waals surface area contributed by atoms with Crippen molar-refractivity contribution in [2.75, 3.05) is 0 Å². The third-order valence-corrected chi connectivity index (χ3v) is 1.94. The third-order valence-electron chi connectivity index (χ3n) is 1.94. The van der Waals surface area contributed by atoms with E-state index in [0.717, 1.165) is 5.92 Å². The van der Waals surface area contributed by atoms with Crippen LogP contribution in [0.3, 0.4) is 0 Å². The number of rotatable bonds is 2. The van der Waals surface area contributed by atoms with Crippen LogP contribution in [0.5, 0.6) is 0 Å². The molecule has 0 aromatic carbocycles. The largest absolute Gasteiger partial charge is 0.327 e. The Morgan fingerprint density at radius 3 is 2.00 bits per heavy atom. The highest BCUT2D eigenvalue weighted by Gasteiger charge is 2.29. The molecule has 0 unspecified atom stereocenters. The van der Waals surface area contributed by atoms with E-state index in [-0.39, 0.29) is 0 Å². The highest BCUT2D eigenvalue weighted by molar-refractivity contribution is 4.85. The van der Waals surface area contributed by atoms with Crippen molar-refractivity contribution in [2.24, 2.45) is 17.6 Å². The van der Waals surface area contributed by atoms with Crippen LogP contribution >= 0.6 is 0 Å². The Hall–Kier alpha value is -0.0400. The molecule has 0 amide bonds. The monoisotopic (exact) mass is 113 g/mol. The molecule has 48 valence electrons. The van der Waals surface area contributed by atoms with Crippen LogP contribution < -0.4 is 5.73 Å². The lowest BCUT2D eigenvalue weighted by atomic mass is 10.0. The van der Waals surface area contributed by atoms with Gasteiger partial charge in [0.2, 0.25) is 0 Å². The smallest absolute Gasteiger partial charge is 0.00903 e. The van der Waals surface area contributed by atoms with E-state index in [2.05, 4.69) is 13.8 Å². The molecule has 1 aliphatic rings. The first-order valence-electron chi connectivity index (χ1n) is 3.47. The number of nitrogens with two attached hydrogens (primary N) is 1. The van der Waals surface area contributed by atoms with Crippen LogP contribution in [0.1, 0.15) is 26.7 Å². The minimum atomic E-state index is 0.481. The Labute approximate surface area is 51.3 Å². The molecule has 1 fully saturated rings. The molecule has 8 heavy (non-hydrogen) atoms. The maximum atomic E-state index is 5.82. The number of hydrogen-bond donors (Lipinski definition) is 1. The van der Waals surface area contributed by atoms with E-state index >= 15 is 0 Å². The van der Waals surface area contributed by atoms with Crippen LogP contribution in [-0.4, -0.2) is 6.04 Å². The van der Waals surface area contributed by atoms with Crippen LogP contribution in [0.2, 0.25) is 0 Å². The first-order chi connectivity index (χ1) is 3.72. The van der Waals surface area contributed by atoms with Crippen molar-refractivity contribution in [1.29, 1.82) is 0 Å². The molecule has 1 heteroatoms. The summed E-state index contributed by atoms with van der Waals surface area (Å²) in [5.74, 6) is 1.55. The Balaban J connectivity index is 2.22. The van der Waals surface area contributed by atoms with Gasteiger partial charge in [0.05, 0.1) is 0 Å². The van der Waals surface area contributed by atoms with Gasteiger partial charge in [-0.2, -0.15) is 0 Å². The van der Waals surface area contributed by atoms with Crippen LogP contribution in [-0.2, 0) is 0 Å². The molecule has 1 aliphatic carbocycles. The van der Waals surface area contributed by atoms with E-state index in [9.17, 15) is 0 Å². The highest BCUT2D eigenvalue weighted by Crippen LogP contribution is 2.34. The summed E-state index contributed by atoms with van der Waals surface area (Å²) >= 11 is 0. The Morgan fingerprint density at radius 1 is 1.38 bits per heavy atom. The third kappa shape index (κ3) is 1.22. The fourth-order valence-corrected chi connectivity index (χ4v) is 1.03. The maximum absolute atomic E-state index is 5.82. The Bertz CT molecular complexity index is 72.5. The fourth-order valence-electron chi connectivity index (χ4n) is 1.03. The van der Waals surface area contributed by atoms with Crippen LogP contribution in [0.4, 0.5) is 0 Å². The minimum Gasteiger partial charge on any atom is -0.327 e. The topological polar surface area (TPSA) is 26.0 Å². The molecule has 0 bridgehead atoms. The molecule has 0 heterocycles. The lowest BCUT2D eigenvalue weighted by molar-refractivity contribution is 0.447. The molecular formula is C7H15N. The van der Waals surface area contributed by atoms with Gasteiger partial charge in [0.15, 0.2) is 0 Å².